The molecule has 0 aromatic heterocycles. The van der Waals surface area contributed by atoms with Crippen molar-refractivity contribution in [3.63, 3.8) is 0 Å². The molecule has 3 atom stereocenters. The third-order valence-electron chi connectivity index (χ3n) is 4.65. The Hall–Kier alpha value is -2.56. The van der Waals surface area contributed by atoms with E-state index >= 15 is 0 Å². The Labute approximate surface area is 157 Å². The molecule has 3 N–H and O–H groups in total. The van der Waals surface area contributed by atoms with Crippen LogP contribution in [0.25, 0.3) is 11.1 Å². The first-order valence-electron chi connectivity index (χ1n) is 8.61. The third kappa shape index (κ3) is 3.39. The molecule has 1 aliphatic rings. The monoisotopic (exact) mass is 360 g/mol. The summed E-state index contributed by atoms with van der Waals surface area (Å²) in [5, 5.41) is 11.4. The lowest BCUT2D eigenvalue weighted by Gasteiger charge is -2.23. The summed E-state index contributed by atoms with van der Waals surface area (Å²) in [6.07, 6.45) is -0.677. The fourth-order valence-electron chi connectivity index (χ4n) is 3.29. The van der Waals surface area contributed by atoms with E-state index in [0.717, 1.165) is 11.1 Å². The van der Waals surface area contributed by atoms with E-state index in [-0.39, 0.29) is 11.3 Å². The number of benzene rings is 3. The fraction of sp³-hybridized carbons (Fsp3) is 0.136. The standard InChI is InChI=1S/C22H20N2OS/c23-22-24-19(20(25)17-9-5-2-6-10-17)21(26-22)18-13-11-16(12-14-18)15-7-3-1-4-8-15/h1-14,19-21,25H,(H2,23,24)/t19-,20+,21-/m1/s1. The predicted octanol–water partition coefficient (Wildman–Crippen LogP) is 4.56. The van der Waals surface area contributed by atoms with Gasteiger partial charge in [-0.05, 0) is 22.3 Å². The van der Waals surface area contributed by atoms with Crippen LogP contribution in [0.2, 0.25) is 0 Å². The smallest absolute Gasteiger partial charge is 0.155 e. The van der Waals surface area contributed by atoms with E-state index in [9.17, 15) is 5.11 Å². The van der Waals surface area contributed by atoms with E-state index in [1.165, 1.54) is 22.9 Å². The highest BCUT2D eigenvalue weighted by atomic mass is 32.2. The number of thioether (sulfide) groups is 1. The Morgan fingerprint density at radius 1 is 0.808 bits per heavy atom. The number of hydrogen-bond donors (Lipinski definition) is 2. The summed E-state index contributed by atoms with van der Waals surface area (Å²) in [6, 6.07) is 28.1. The van der Waals surface area contributed by atoms with Gasteiger partial charge in [0.25, 0.3) is 0 Å². The van der Waals surface area contributed by atoms with Gasteiger partial charge < -0.3 is 10.8 Å². The van der Waals surface area contributed by atoms with Gasteiger partial charge in [-0.15, -0.1) is 0 Å². The van der Waals surface area contributed by atoms with Crippen LogP contribution < -0.4 is 5.73 Å². The zero-order valence-electron chi connectivity index (χ0n) is 14.2. The molecule has 0 unspecified atom stereocenters. The second-order valence-electron chi connectivity index (χ2n) is 6.34. The van der Waals surface area contributed by atoms with Crippen molar-refractivity contribution >= 4 is 16.9 Å². The van der Waals surface area contributed by atoms with Crippen LogP contribution in [0.3, 0.4) is 0 Å². The molecule has 4 heteroatoms. The van der Waals surface area contributed by atoms with E-state index in [1.54, 1.807) is 0 Å². The average Bonchev–Trinajstić information content (AvgIpc) is 3.10. The lowest BCUT2D eigenvalue weighted by atomic mass is 9.95. The predicted molar refractivity (Wildman–Crippen MR) is 109 cm³/mol. The van der Waals surface area contributed by atoms with Gasteiger partial charge in [-0.25, -0.2) is 0 Å². The molecule has 0 bridgehead atoms. The minimum absolute atomic E-state index is 0.00929. The highest BCUT2D eigenvalue weighted by Crippen LogP contribution is 2.44. The van der Waals surface area contributed by atoms with Gasteiger partial charge in [0.05, 0.1) is 11.3 Å². The highest BCUT2D eigenvalue weighted by molar-refractivity contribution is 8.14. The molecule has 0 aliphatic carbocycles. The molecule has 4 rings (SSSR count). The Morgan fingerprint density at radius 3 is 2.04 bits per heavy atom. The number of nitrogens with two attached hydrogens (primary N) is 1. The number of hydrogen-bond acceptors (Lipinski definition) is 4. The molecule has 130 valence electrons. The number of rotatable bonds is 4. The molecule has 3 aromatic carbocycles. The van der Waals surface area contributed by atoms with E-state index in [1.807, 2.05) is 48.5 Å². The van der Waals surface area contributed by atoms with Gasteiger partial charge >= 0.3 is 0 Å². The zero-order valence-corrected chi connectivity index (χ0v) is 15.0. The van der Waals surface area contributed by atoms with Crippen LogP contribution in [0.5, 0.6) is 0 Å². The Morgan fingerprint density at radius 2 is 1.38 bits per heavy atom. The maximum absolute atomic E-state index is 10.8. The zero-order chi connectivity index (χ0) is 17.9. The Bertz CT molecular complexity index is 894. The summed E-state index contributed by atoms with van der Waals surface area (Å²) in [5.41, 5.74) is 10.3. The van der Waals surface area contributed by atoms with Crippen molar-refractivity contribution in [2.45, 2.75) is 17.4 Å². The maximum Gasteiger partial charge on any atom is 0.155 e. The fourth-order valence-corrected chi connectivity index (χ4v) is 4.37. The van der Waals surface area contributed by atoms with Gasteiger partial charge in [0.2, 0.25) is 0 Å². The van der Waals surface area contributed by atoms with Crippen LogP contribution in [-0.4, -0.2) is 16.3 Å². The molecule has 3 nitrogen and oxygen atoms in total. The van der Waals surface area contributed by atoms with E-state index < -0.39 is 6.10 Å². The van der Waals surface area contributed by atoms with Crippen LogP contribution >= 0.6 is 11.8 Å². The lowest BCUT2D eigenvalue weighted by Crippen LogP contribution is -2.20. The Kier molecular flexibility index (Phi) is 4.78. The van der Waals surface area contributed by atoms with Crippen LogP contribution in [0.1, 0.15) is 22.5 Å². The number of aliphatic hydroxyl groups is 1. The van der Waals surface area contributed by atoms with Gasteiger partial charge in [-0.3, -0.25) is 4.99 Å². The van der Waals surface area contributed by atoms with Crippen molar-refractivity contribution in [2.75, 3.05) is 0 Å². The second-order valence-corrected chi connectivity index (χ2v) is 7.50. The van der Waals surface area contributed by atoms with Crippen molar-refractivity contribution in [1.29, 1.82) is 0 Å². The first-order chi connectivity index (χ1) is 12.7. The summed E-state index contributed by atoms with van der Waals surface area (Å²) < 4.78 is 0. The van der Waals surface area contributed by atoms with Gasteiger partial charge in [0.15, 0.2) is 5.17 Å². The molecule has 0 radical (unpaired) electrons. The van der Waals surface area contributed by atoms with E-state index in [4.69, 9.17) is 5.73 Å². The highest BCUT2D eigenvalue weighted by Gasteiger charge is 2.36. The molecule has 0 spiro atoms. The largest absolute Gasteiger partial charge is 0.386 e. The molecular formula is C22H20N2OS. The van der Waals surface area contributed by atoms with Gasteiger partial charge in [0, 0.05) is 0 Å². The summed E-state index contributed by atoms with van der Waals surface area (Å²) in [5.74, 6) is 0. The topological polar surface area (TPSA) is 58.6 Å². The summed E-state index contributed by atoms with van der Waals surface area (Å²) in [7, 11) is 0. The molecule has 0 saturated carbocycles. The Balaban J connectivity index is 1.60. The molecule has 26 heavy (non-hydrogen) atoms. The minimum atomic E-state index is -0.677. The van der Waals surface area contributed by atoms with Crippen LogP contribution in [0.15, 0.2) is 89.9 Å². The molecule has 1 aliphatic heterocycles. The SMILES string of the molecule is NC1=N[C@H]([C@@H](O)c2ccccc2)[C@@H](c2ccc(-c3ccccc3)cc2)S1. The summed E-state index contributed by atoms with van der Waals surface area (Å²) in [4.78, 5) is 4.51. The first-order valence-corrected chi connectivity index (χ1v) is 9.48. The van der Waals surface area contributed by atoms with Crippen LogP contribution in [0, 0.1) is 0 Å². The van der Waals surface area contributed by atoms with Crippen molar-refractivity contribution in [2.24, 2.45) is 10.7 Å². The van der Waals surface area contributed by atoms with Gasteiger partial charge in [0.1, 0.15) is 6.10 Å². The summed E-state index contributed by atoms with van der Waals surface area (Å²) >= 11 is 1.52. The van der Waals surface area contributed by atoms with Crippen molar-refractivity contribution in [1.82, 2.24) is 0 Å². The summed E-state index contributed by atoms with van der Waals surface area (Å²) in [6.45, 7) is 0. The average molecular weight is 360 g/mol. The lowest BCUT2D eigenvalue weighted by molar-refractivity contribution is 0.147. The number of aliphatic hydroxyl groups excluding tert-OH is 1. The van der Waals surface area contributed by atoms with E-state index in [2.05, 4.69) is 41.4 Å². The molecule has 0 amide bonds. The molecule has 0 fully saturated rings. The van der Waals surface area contributed by atoms with Crippen LogP contribution in [-0.2, 0) is 0 Å². The normalized spacial score (nSPS) is 20.6. The number of aliphatic imine (C=N–C) groups is 1. The first kappa shape index (κ1) is 16.9. The molecule has 1 heterocycles. The second kappa shape index (κ2) is 7.36. The van der Waals surface area contributed by atoms with Crippen molar-refractivity contribution in [3.05, 3.63) is 96.1 Å². The molecular weight excluding hydrogens is 340 g/mol. The number of nitrogens with zero attached hydrogens (tertiary/aromatic N) is 1. The van der Waals surface area contributed by atoms with Gasteiger partial charge in [-0.2, -0.15) is 0 Å². The molecule has 0 saturated heterocycles. The van der Waals surface area contributed by atoms with Crippen molar-refractivity contribution in [3.8, 4) is 11.1 Å². The number of amidine groups is 1. The third-order valence-corrected chi connectivity index (χ3v) is 5.80. The minimum Gasteiger partial charge on any atom is -0.386 e. The quantitative estimate of drug-likeness (QED) is 0.717. The van der Waals surface area contributed by atoms with E-state index in [0.29, 0.717) is 5.17 Å². The van der Waals surface area contributed by atoms with Gasteiger partial charge in [-0.1, -0.05) is 96.7 Å². The maximum atomic E-state index is 10.8. The molecule has 3 aromatic rings. The van der Waals surface area contributed by atoms with Crippen LogP contribution in [0.4, 0.5) is 0 Å². The van der Waals surface area contributed by atoms with Crippen molar-refractivity contribution < 1.29 is 5.11 Å².